The van der Waals surface area contributed by atoms with Crippen molar-refractivity contribution in [2.45, 2.75) is 83.1 Å². The molecule has 0 N–H and O–H groups in total. The van der Waals surface area contributed by atoms with E-state index in [1.165, 1.54) is 143 Å². The summed E-state index contributed by atoms with van der Waals surface area (Å²) in [6.07, 6.45) is 3.72. The first-order valence-electron chi connectivity index (χ1n) is 28.6. The molecule has 0 aliphatic heterocycles. The molecule has 14 rings (SSSR count). The summed E-state index contributed by atoms with van der Waals surface area (Å²) in [4.78, 5) is 8.63. The van der Waals surface area contributed by atoms with Gasteiger partial charge in [-0.05, 0) is 193 Å². The van der Waals surface area contributed by atoms with Gasteiger partial charge in [0.2, 0.25) is 0 Å². The van der Waals surface area contributed by atoms with Crippen LogP contribution in [0, 0.1) is 83.1 Å². The average Bonchev–Trinajstić information content (AvgIpc) is 2.63. The minimum Gasteiger partial charge on any atom is -0.254 e. The van der Waals surface area contributed by atoms with E-state index in [9.17, 15) is 0 Å². The fourth-order valence-corrected chi connectivity index (χ4v) is 10.3. The highest BCUT2D eigenvalue weighted by atomic mass is 14.8. The normalized spacial score (nSPS) is 10.7. The smallest absolute Gasteiger partial charge is 0.0886 e. The molecular weight excluding hydrogens is 989 g/mol. The molecule has 0 saturated carbocycles. The predicted octanol–water partition coefficient (Wildman–Crippen LogP) is 22.3. The molecule has 12 aromatic carbocycles. The van der Waals surface area contributed by atoms with E-state index in [-0.39, 0.29) is 0 Å². The first-order chi connectivity index (χ1) is 39.5. The van der Waals surface area contributed by atoms with Crippen molar-refractivity contribution >= 4 is 64.6 Å². The minimum absolute atomic E-state index is 0.926. The van der Waals surface area contributed by atoms with E-state index in [0.717, 1.165) is 11.4 Å². The van der Waals surface area contributed by atoms with Gasteiger partial charge in [0.15, 0.2) is 0 Å². The SMILES string of the molecule is Cc1cc2ccc3cc(C)cc4ccc(c1)c2c34.Cc1ccc(-c2ccc(C)cc2)cc1.Cc1ccc(-c2ccc(C)cn2)nc1.Cc1ccc(C)cc1.Cc1ccc2c(ccc3cc(C)ccc32)c1.Cc1ccc2cc(C)ccc2c1. The van der Waals surface area contributed by atoms with Crippen molar-refractivity contribution in [1.82, 2.24) is 9.97 Å². The molecule has 0 bridgehead atoms. The first kappa shape index (κ1) is 57.4. The highest BCUT2D eigenvalue weighted by Gasteiger charge is 2.09. The lowest BCUT2D eigenvalue weighted by molar-refractivity contribution is 1.20. The molecule has 0 unspecified atom stereocenters. The third-order valence-electron chi connectivity index (χ3n) is 14.9. The number of rotatable bonds is 2. The van der Waals surface area contributed by atoms with Crippen molar-refractivity contribution in [2.75, 3.05) is 0 Å². The van der Waals surface area contributed by atoms with E-state index >= 15 is 0 Å². The lowest BCUT2D eigenvalue weighted by atomic mass is 9.92. The lowest BCUT2D eigenvalue weighted by Crippen LogP contribution is -1.87. The number of benzene rings is 12. The van der Waals surface area contributed by atoms with Crippen molar-refractivity contribution in [3.63, 3.8) is 0 Å². The molecule has 0 atom stereocenters. The van der Waals surface area contributed by atoms with Gasteiger partial charge in [0.25, 0.3) is 0 Å². The second-order valence-electron chi connectivity index (χ2n) is 22.5. The van der Waals surface area contributed by atoms with E-state index in [4.69, 9.17) is 0 Å². The Hall–Kier alpha value is -9.24. The van der Waals surface area contributed by atoms with Crippen LogP contribution in [0.15, 0.2) is 243 Å². The lowest BCUT2D eigenvalue weighted by Gasteiger charge is -2.12. The van der Waals surface area contributed by atoms with Crippen LogP contribution >= 0.6 is 0 Å². The van der Waals surface area contributed by atoms with E-state index in [1.807, 2.05) is 50.5 Å². The van der Waals surface area contributed by atoms with Gasteiger partial charge in [-0.3, -0.25) is 9.97 Å². The number of aromatic nitrogens is 2. The molecule has 0 amide bonds. The molecule has 0 saturated heterocycles. The zero-order valence-corrected chi connectivity index (χ0v) is 50.0. The fourth-order valence-electron chi connectivity index (χ4n) is 10.3. The molecule has 2 aromatic heterocycles. The zero-order valence-electron chi connectivity index (χ0n) is 50.0. The maximum atomic E-state index is 4.32. The molecule has 0 fully saturated rings. The van der Waals surface area contributed by atoms with Gasteiger partial charge in [-0.1, -0.05) is 263 Å². The summed E-state index contributed by atoms with van der Waals surface area (Å²) in [5.74, 6) is 0. The van der Waals surface area contributed by atoms with E-state index < -0.39 is 0 Å². The zero-order chi connectivity index (χ0) is 57.9. The van der Waals surface area contributed by atoms with E-state index in [1.54, 1.807) is 0 Å². The maximum Gasteiger partial charge on any atom is 0.0886 e. The van der Waals surface area contributed by atoms with Crippen LogP contribution in [-0.4, -0.2) is 9.97 Å². The topological polar surface area (TPSA) is 25.8 Å². The molecule has 82 heavy (non-hydrogen) atoms. The minimum atomic E-state index is 0.926. The predicted molar refractivity (Wildman–Crippen MR) is 358 cm³/mol. The Morgan fingerprint density at radius 3 is 0.720 bits per heavy atom. The maximum absolute atomic E-state index is 4.32. The van der Waals surface area contributed by atoms with E-state index in [0.29, 0.717) is 0 Å². The monoisotopic (exact) mass is 1060 g/mol. The van der Waals surface area contributed by atoms with Gasteiger partial charge in [0.05, 0.1) is 11.4 Å². The molecule has 2 heteroatoms. The van der Waals surface area contributed by atoms with Crippen molar-refractivity contribution in [2.24, 2.45) is 0 Å². The van der Waals surface area contributed by atoms with E-state index in [2.05, 4.69) is 285 Å². The summed E-state index contributed by atoms with van der Waals surface area (Å²) in [6, 6.07) is 82.7. The summed E-state index contributed by atoms with van der Waals surface area (Å²) >= 11 is 0. The second-order valence-corrected chi connectivity index (χ2v) is 22.5. The van der Waals surface area contributed by atoms with Crippen LogP contribution in [0.2, 0.25) is 0 Å². The van der Waals surface area contributed by atoms with Crippen molar-refractivity contribution in [3.05, 3.63) is 310 Å². The molecule has 2 heterocycles. The third-order valence-corrected chi connectivity index (χ3v) is 14.9. The number of fused-ring (bicyclic) bond motifs is 4. The van der Waals surface area contributed by atoms with Gasteiger partial charge in [0.1, 0.15) is 0 Å². The molecular formula is C80H76N2. The van der Waals surface area contributed by atoms with Crippen LogP contribution in [0.1, 0.15) is 66.8 Å². The molecule has 14 aromatic rings. The van der Waals surface area contributed by atoms with Gasteiger partial charge in [-0.15, -0.1) is 0 Å². The highest BCUT2D eigenvalue weighted by Crippen LogP contribution is 2.36. The highest BCUT2D eigenvalue weighted by molar-refractivity contribution is 6.23. The van der Waals surface area contributed by atoms with Crippen LogP contribution in [0.25, 0.3) is 87.1 Å². The van der Waals surface area contributed by atoms with Gasteiger partial charge in [0, 0.05) is 12.4 Å². The number of hydrogen-bond donors (Lipinski definition) is 0. The Bertz CT molecular complexity index is 3960. The number of aryl methyl sites for hydroxylation is 12. The van der Waals surface area contributed by atoms with Crippen molar-refractivity contribution < 1.29 is 0 Å². The summed E-state index contributed by atoms with van der Waals surface area (Å²) < 4.78 is 0. The van der Waals surface area contributed by atoms with Crippen LogP contribution < -0.4 is 0 Å². The van der Waals surface area contributed by atoms with Crippen LogP contribution in [0.4, 0.5) is 0 Å². The van der Waals surface area contributed by atoms with Crippen molar-refractivity contribution in [1.29, 1.82) is 0 Å². The largest absolute Gasteiger partial charge is 0.254 e. The van der Waals surface area contributed by atoms with Crippen molar-refractivity contribution in [3.8, 4) is 22.5 Å². The first-order valence-corrected chi connectivity index (χ1v) is 28.6. The summed E-state index contributed by atoms with van der Waals surface area (Å²) in [5.41, 5.74) is 20.0. The number of pyridine rings is 2. The summed E-state index contributed by atoms with van der Waals surface area (Å²) in [5, 5.41) is 16.3. The van der Waals surface area contributed by atoms with Crippen LogP contribution in [-0.2, 0) is 0 Å². The van der Waals surface area contributed by atoms with Crippen LogP contribution in [0.3, 0.4) is 0 Å². The fraction of sp³-hybridized carbons (Fsp3) is 0.150. The van der Waals surface area contributed by atoms with Gasteiger partial charge in [-0.2, -0.15) is 0 Å². The Morgan fingerprint density at radius 2 is 0.415 bits per heavy atom. The summed E-state index contributed by atoms with van der Waals surface area (Å²) in [7, 11) is 0. The molecule has 406 valence electrons. The number of nitrogens with zero attached hydrogens (tertiary/aromatic N) is 2. The Morgan fingerprint density at radius 1 is 0.183 bits per heavy atom. The van der Waals surface area contributed by atoms with Gasteiger partial charge >= 0.3 is 0 Å². The van der Waals surface area contributed by atoms with Gasteiger partial charge in [-0.25, -0.2) is 0 Å². The quantitative estimate of drug-likeness (QED) is 0.161. The Balaban J connectivity index is 0.000000120. The molecule has 0 radical (unpaired) electrons. The standard InChI is InChI=1S/C18H14.C16H14.C14H14.C12H12N2.C12H12.C8H10/c1-11-7-13-3-5-15-9-12(2)10-16-6-4-14(8-11)17(13)18(15)16;1-11-3-7-15-13(9-11)5-6-14-10-12(2)4-8-16(14)15;1-11-3-7-13(8-4-11)14-9-5-12(2)6-10-14;1-9-3-5-11(13-7-9)12-6-4-10(2)8-14-12;1-9-3-5-12-8-10(2)4-6-11(12)7-9;1-7-3-5-8(2)6-4-7/h3-10H,1-2H3;3-10H,1-2H3;3-10H,1-2H3;3-8H,1-2H3;3-8H,1-2H3;3-6H,1-2H3. The Labute approximate surface area is 487 Å². The summed E-state index contributed by atoms with van der Waals surface area (Å²) in [6.45, 7) is 25.3. The second kappa shape index (κ2) is 26.4. The number of hydrogen-bond acceptors (Lipinski definition) is 2. The molecule has 0 aliphatic carbocycles. The molecule has 2 nitrogen and oxygen atoms in total. The average molecular weight is 1070 g/mol. The van der Waals surface area contributed by atoms with Crippen LogP contribution in [0.5, 0.6) is 0 Å². The molecule has 0 aliphatic rings. The molecule has 0 spiro atoms. The Kier molecular flexibility index (Phi) is 18.5. The third kappa shape index (κ3) is 15.0. The van der Waals surface area contributed by atoms with Gasteiger partial charge < -0.3 is 0 Å².